The van der Waals surface area contributed by atoms with E-state index in [-0.39, 0.29) is 14.8 Å². The van der Waals surface area contributed by atoms with E-state index in [0.717, 1.165) is 12.8 Å². The number of carbonyl (C=O) groups is 1. The van der Waals surface area contributed by atoms with E-state index in [1.807, 2.05) is 0 Å². The van der Waals surface area contributed by atoms with Crippen molar-refractivity contribution in [3.8, 4) is 0 Å². The SMILES string of the molecule is CC12CCC(CC1=O)C2(C)C.NN(Cl)S(=O)(=O)O. The summed E-state index contributed by atoms with van der Waals surface area (Å²) < 4.78 is 26.5. The molecular weight excluding hydrogens is 280 g/mol. The lowest BCUT2D eigenvalue weighted by atomic mass is 9.70. The van der Waals surface area contributed by atoms with Crippen molar-refractivity contribution in [1.29, 1.82) is 0 Å². The molecule has 0 amide bonds. The third kappa shape index (κ3) is 2.55. The first kappa shape index (κ1) is 15.8. The molecule has 2 atom stereocenters. The minimum absolute atomic E-state index is 0.0255. The minimum Gasteiger partial charge on any atom is -0.299 e. The fraction of sp³-hybridized carbons (Fsp3) is 0.900. The zero-order valence-electron chi connectivity index (χ0n) is 10.7. The van der Waals surface area contributed by atoms with Crippen molar-refractivity contribution in [3.05, 3.63) is 0 Å². The van der Waals surface area contributed by atoms with Crippen LogP contribution in [0.2, 0.25) is 0 Å². The summed E-state index contributed by atoms with van der Waals surface area (Å²) in [5, 5.41) is 0. The monoisotopic (exact) mass is 298 g/mol. The molecule has 2 rings (SSSR count). The van der Waals surface area contributed by atoms with E-state index in [2.05, 4.69) is 38.4 Å². The van der Waals surface area contributed by atoms with E-state index in [4.69, 9.17) is 4.55 Å². The third-order valence-electron chi connectivity index (χ3n) is 4.70. The molecule has 6 nitrogen and oxygen atoms in total. The number of Topliss-reactive ketones (excluding diaryl/α,β-unsaturated/α-hetero) is 1. The quantitative estimate of drug-likeness (QED) is 0.331. The Kier molecular flexibility index (Phi) is 4.15. The molecule has 0 saturated heterocycles. The summed E-state index contributed by atoms with van der Waals surface area (Å²) >= 11 is 4.53. The first-order chi connectivity index (χ1) is 7.93. The molecular formula is C10H19ClN2O4S. The summed E-state index contributed by atoms with van der Waals surface area (Å²) in [5.41, 5.74) is 0.307. The summed E-state index contributed by atoms with van der Waals surface area (Å²) in [6.07, 6.45) is 3.25. The van der Waals surface area contributed by atoms with E-state index in [1.54, 1.807) is 0 Å². The maximum atomic E-state index is 11.6. The Balaban J connectivity index is 0.000000203. The van der Waals surface area contributed by atoms with Crippen molar-refractivity contribution in [3.63, 3.8) is 0 Å². The molecule has 2 bridgehead atoms. The van der Waals surface area contributed by atoms with Gasteiger partial charge in [0.25, 0.3) is 0 Å². The molecule has 0 heterocycles. The Morgan fingerprint density at radius 3 is 2.00 bits per heavy atom. The summed E-state index contributed by atoms with van der Waals surface area (Å²) in [4.78, 5) is 11.6. The summed E-state index contributed by atoms with van der Waals surface area (Å²) in [7, 11) is -4.36. The van der Waals surface area contributed by atoms with Gasteiger partial charge in [0.15, 0.2) is 0 Å². The standard InChI is InChI=1S/C10H16O.ClH3N2O3S/c1-9(2)7-4-5-10(9,3)8(11)6-7;1-3(2)7(4,5)6/h7H,4-6H2,1-3H3;2H2,(H,4,5,6). The van der Waals surface area contributed by atoms with E-state index in [0.29, 0.717) is 11.7 Å². The topological polar surface area (TPSA) is 101 Å². The maximum Gasteiger partial charge on any atom is 0.363 e. The number of hydrogen-bond acceptors (Lipinski definition) is 4. The van der Waals surface area contributed by atoms with Crippen molar-refractivity contribution in [2.75, 3.05) is 0 Å². The average Bonchev–Trinajstić information content (AvgIpc) is 2.50. The number of carbonyl (C=O) groups excluding carboxylic acids is 1. The van der Waals surface area contributed by atoms with Crippen LogP contribution in [0.1, 0.15) is 40.0 Å². The number of hydrogen-bond donors (Lipinski definition) is 2. The second-order valence-electron chi connectivity index (χ2n) is 5.64. The molecule has 0 aromatic carbocycles. The fourth-order valence-corrected chi connectivity index (χ4v) is 2.90. The van der Waals surface area contributed by atoms with Gasteiger partial charge in [-0.3, -0.25) is 9.35 Å². The van der Waals surface area contributed by atoms with E-state index in [9.17, 15) is 13.2 Å². The van der Waals surface area contributed by atoms with Crippen LogP contribution in [0.4, 0.5) is 0 Å². The van der Waals surface area contributed by atoms with Gasteiger partial charge < -0.3 is 0 Å². The fourth-order valence-electron chi connectivity index (χ4n) is 2.90. The van der Waals surface area contributed by atoms with E-state index in [1.165, 1.54) is 6.42 Å². The normalized spacial score (nSPS) is 33.5. The van der Waals surface area contributed by atoms with Crippen LogP contribution in [0.15, 0.2) is 0 Å². The molecule has 18 heavy (non-hydrogen) atoms. The largest absolute Gasteiger partial charge is 0.363 e. The summed E-state index contributed by atoms with van der Waals surface area (Å²) in [6.45, 7) is 6.67. The zero-order chi connectivity index (χ0) is 14.4. The minimum atomic E-state index is -4.36. The Morgan fingerprint density at radius 1 is 1.44 bits per heavy atom. The highest BCUT2D eigenvalue weighted by Crippen LogP contribution is 2.63. The van der Waals surface area contributed by atoms with Crippen LogP contribution >= 0.6 is 11.8 Å². The second-order valence-corrected chi connectivity index (χ2v) is 7.49. The number of rotatable bonds is 1. The van der Waals surface area contributed by atoms with Gasteiger partial charge in [0.05, 0.1) is 0 Å². The van der Waals surface area contributed by atoms with Gasteiger partial charge in [-0.15, -0.1) is 0 Å². The molecule has 2 fully saturated rings. The smallest absolute Gasteiger partial charge is 0.299 e. The molecule has 3 N–H and O–H groups in total. The number of hydrazine groups is 1. The van der Waals surface area contributed by atoms with Crippen molar-refractivity contribution < 1.29 is 17.8 Å². The Hall–Kier alpha value is -0.210. The second kappa shape index (κ2) is 4.72. The highest BCUT2D eigenvalue weighted by molar-refractivity contribution is 7.84. The molecule has 0 aromatic rings. The first-order valence-corrected chi connectivity index (χ1v) is 7.38. The zero-order valence-corrected chi connectivity index (χ0v) is 12.3. The molecule has 2 saturated carbocycles. The Bertz CT molecular complexity index is 449. The van der Waals surface area contributed by atoms with Crippen molar-refractivity contribution >= 4 is 27.9 Å². The van der Waals surface area contributed by atoms with E-state index < -0.39 is 10.3 Å². The average molecular weight is 299 g/mol. The number of halogens is 1. The van der Waals surface area contributed by atoms with Crippen LogP contribution < -0.4 is 5.84 Å². The first-order valence-electron chi connectivity index (χ1n) is 5.64. The van der Waals surface area contributed by atoms with Gasteiger partial charge in [-0.1, -0.05) is 20.8 Å². The van der Waals surface area contributed by atoms with Crippen LogP contribution in [-0.2, 0) is 15.1 Å². The molecule has 2 aliphatic carbocycles. The lowest BCUT2D eigenvalue weighted by molar-refractivity contribution is -0.128. The molecule has 0 aromatic heterocycles. The van der Waals surface area contributed by atoms with Crippen molar-refractivity contribution in [2.24, 2.45) is 22.6 Å². The van der Waals surface area contributed by atoms with Crippen LogP contribution in [0.3, 0.4) is 0 Å². The Morgan fingerprint density at radius 2 is 1.89 bits per heavy atom. The van der Waals surface area contributed by atoms with Crippen LogP contribution in [-0.4, -0.2) is 22.7 Å². The molecule has 106 valence electrons. The van der Waals surface area contributed by atoms with Crippen molar-refractivity contribution in [1.82, 2.24) is 3.93 Å². The number of nitrogens with zero attached hydrogens (tertiary/aromatic N) is 1. The summed E-state index contributed by atoms with van der Waals surface area (Å²) in [6, 6.07) is 0. The van der Waals surface area contributed by atoms with Gasteiger partial charge >= 0.3 is 10.3 Å². The van der Waals surface area contributed by atoms with Crippen LogP contribution in [0.5, 0.6) is 0 Å². The molecule has 2 unspecified atom stereocenters. The predicted octanol–water partition coefficient (Wildman–Crippen LogP) is 1.52. The highest BCUT2D eigenvalue weighted by Gasteiger charge is 2.61. The third-order valence-corrected chi connectivity index (χ3v) is 5.67. The van der Waals surface area contributed by atoms with Gasteiger partial charge in [0, 0.05) is 23.6 Å². The van der Waals surface area contributed by atoms with Crippen molar-refractivity contribution in [2.45, 2.75) is 40.0 Å². The molecule has 2 aliphatic rings. The lowest BCUT2D eigenvalue weighted by Gasteiger charge is -2.32. The summed E-state index contributed by atoms with van der Waals surface area (Å²) in [5.74, 6) is 5.52. The number of ketones is 1. The molecule has 8 heteroatoms. The van der Waals surface area contributed by atoms with Gasteiger partial charge in [0.1, 0.15) is 5.78 Å². The number of nitrogens with two attached hydrogens (primary N) is 1. The Labute approximate surface area is 112 Å². The maximum absolute atomic E-state index is 11.6. The lowest BCUT2D eigenvalue weighted by Crippen LogP contribution is -2.32. The number of fused-ring (bicyclic) bond motifs is 2. The molecule has 0 radical (unpaired) electrons. The molecule has 0 aliphatic heterocycles. The van der Waals surface area contributed by atoms with Gasteiger partial charge in [-0.2, -0.15) is 8.42 Å². The van der Waals surface area contributed by atoms with Crippen LogP contribution in [0.25, 0.3) is 0 Å². The van der Waals surface area contributed by atoms with E-state index >= 15 is 0 Å². The van der Waals surface area contributed by atoms with Gasteiger partial charge in [-0.25, -0.2) is 5.84 Å². The van der Waals surface area contributed by atoms with Crippen LogP contribution in [0, 0.1) is 16.7 Å². The highest BCUT2D eigenvalue weighted by atomic mass is 35.5. The predicted molar refractivity (Wildman–Crippen MR) is 67.7 cm³/mol. The van der Waals surface area contributed by atoms with Gasteiger partial charge in [0.2, 0.25) is 0 Å². The molecule has 0 spiro atoms. The van der Waals surface area contributed by atoms with Gasteiger partial charge in [-0.05, 0) is 28.1 Å².